The lowest BCUT2D eigenvalue weighted by Gasteiger charge is -2.24. The van der Waals surface area contributed by atoms with E-state index >= 15 is 0 Å². The van der Waals surface area contributed by atoms with Crippen molar-refractivity contribution in [1.29, 1.82) is 0 Å². The first kappa shape index (κ1) is 24.5. The average Bonchev–Trinajstić information content (AvgIpc) is 2.73. The summed E-state index contributed by atoms with van der Waals surface area (Å²) in [5.41, 5.74) is 1.59. The number of carbonyl (C=O) groups excluding carboxylic acids is 1. The number of hydrogen-bond donors (Lipinski definition) is 1. The number of carbonyl (C=O) groups is 1. The van der Waals surface area contributed by atoms with E-state index in [2.05, 4.69) is 19.2 Å². The zero-order valence-electron chi connectivity index (χ0n) is 18.6. The van der Waals surface area contributed by atoms with Crippen molar-refractivity contribution in [2.75, 3.05) is 37.4 Å². The summed E-state index contributed by atoms with van der Waals surface area (Å²) in [5, 5.41) is 2.82. The minimum absolute atomic E-state index is 0.144. The van der Waals surface area contributed by atoms with E-state index < -0.39 is 10.0 Å². The van der Waals surface area contributed by atoms with Gasteiger partial charge in [-0.2, -0.15) is 0 Å². The highest BCUT2D eigenvalue weighted by Gasteiger charge is 2.20. The molecule has 0 saturated heterocycles. The van der Waals surface area contributed by atoms with E-state index in [0.717, 1.165) is 17.6 Å². The molecule has 8 heteroatoms. The van der Waals surface area contributed by atoms with Gasteiger partial charge in [-0.3, -0.25) is 9.10 Å². The lowest BCUT2D eigenvalue weighted by atomic mass is 10.0. The Morgan fingerprint density at radius 2 is 1.71 bits per heavy atom. The van der Waals surface area contributed by atoms with Gasteiger partial charge in [-0.1, -0.05) is 44.2 Å². The second kappa shape index (κ2) is 11.6. The minimum atomic E-state index is -3.51. The van der Waals surface area contributed by atoms with E-state index in [9.17, 15) is 13.2 Å². The van der Waals surface area contributed by atoms with Crippen LogP contribution in [0.3, 0.4) is 0 Å². The summed E-state index contributed by atoms with van der Waals surface area (Å²) in [6.45, 7) is 5.15. The first-order chi connectivity index (χ1) is 14.7. The maximum atomic E-state index is 12.2. The normalized spacial score (nSPS) is 11.3. The highest BCUT2D eigenvalue weighted by molar-refractivity contribution is 7.92. The first-order valence-electron chi connectivity index (χ1n) is 10.3. The number of methoxy groups -OCH3 is 1. The van der Waals surface area contributed by atoms with Crippen molar-refractivity contribution in [3.63, 3.8) is 0 Å². The number of amides is 1. The van der Waals surface area contributed by atoms with Crippen molar-refractivity contribution < 1.29 is 22.7 Å². The van der Waals surface area contributed by atoms with E-state index in [-0.39, 0.29) is 18.9 Å². The molecule has 7 nitrogen and oxygen atoms in total. The van der Waals surface area contributed by atoms with Crippen LogP contribution in [0.5, 0.6) is 11.5 Å². The molecule has 2 aromatic carbocycles. The number of rotatable bonds is 12. The van der Waals surface area contributed by atoms with Crippen molar-refractivity contribution in [2.45, 2.75) is 32.6 Å². The maximum absolute atomic E-state index is 12.2. The number of hydrogen-bond acceptors (Lipinski definition) is 5. The fourth-order valence-electron chi connectivity index (χ4n) is 3.21. The van der Waals surface area contributed by atoms with Gasteiger partial charge in [0.25, 0.3) is 0 Å². The SMILES string of the molecule is COc1ccccc1N(CCCC(=O)NCCOc1ccccc1C(C)C)S(C)(=O)=O. The Morgan fingerprint density at radius 1 is 1.06 bits per heavy atom. The number of nitrogens with zero attached hydrogens (tertiary/aromatic N) is 1. The third-order valence-corrected chi connectivity index (χ3v) is 5.92. The molecular formula is C23H32N2O5S. The molecule has 0 fully saturated rings. The molecular weight excluding hydrogens is 416 g/mol. The number of ether oxygens (including phenoxy) is 2. The minimum Gasteiger partial charge on any atom is -0.495 e. The van der Waals surface area contributed by atoms with Gasteiger partial charge in [-0.05, 0) is 36.1 Å². The third kappa shape index (κ3) is 7.47. The summed E-state index contributed by atoms with van der Waals surface area (Å²) in [7, 11) is -2.02. The number of nitrogens with one attached hydrogen (secondary N) is 1. The monoisotopic (exact) mass is 448 g/mol. The van der Waals surface area contributed by atoms with Crippen LogP contribution in [-0.2, 0) is 14.8 Å². The van der Waals surface area contributed by atoms with Crippen LogP contribution in [0.15, 0.2) is 48.5 Å². The summed E-state index contributed by atoms with van der Waals surface area (Å²) in [4.78, 5) is 12.2. The summed E-state index contributed by atoms with van der Waals surface area (Å²) in [5.74, 6) is 1.50. The van der Waals surface area contributed by atoms with E-state index in [1.54, 1.807) is 24.3 Å². The number of benzene rings is 2. The quantitative estimate of drug-likeness (QED) is 0.502. The van der Waals surface area contributed by atoms with Crippen molar-refractivity contribution in [3.8, 4) is 11.5 Å². The zero-order chi connectivity index (χ0) is 22.9. The lowest BCUT2D eigenvalue weighted by Crippen LogP contribution is -2.33. The number of para-hydroxylation sites is 3. The maximum Gasteiger partial charge on any atom is 0.232 e. The second-order valence-electron chi connectivity index (χ2n) is 7.50. The van der Waals surface area contributed by atoms with Gasteiger partial charge >= 0.3 is 0 Å². The summed E-state index contributed by atoms with van der Waals surface area (Å²) < 4.78 is 36.8. The molecule has 0 saturated carbocycles. The van der Waals surface area contributed by atoms with Gasteiger partial charge in [0.2, 0.25) is 15.9 Å². The van der Waals surface area contributed by atoms with Gasteiger partial charge in [0.15, 0.2) is 0 Å². The fraction of sp³-hybridized carbons (Fsp3) is 0.435. The Labute approximate surface area is 185 Å². The first-order valence-corrected chi connectivity index (χ1v) is 12.2. The molecule has 31 heavy (non-hydrogen) atoms. The third-order valence-electron chi connectivity index (χ3n) is 4.74. The molecule has 0 bridgehead atoms. The molecule has 0 spiro atoms. The van der Waals surface area contributed by atoms with Gasteiger partial charge < -0.3 is 14.8 Å². The zero-order valence-corrected chi connectivity index (χ0v) is 19.4. The van der Waals surface area contributed by atoms with Gasteiger partial charge in [0, 0.05) is 13.0 Å². The smallest absolute Gasteiger partial charge is 0.232 e. The molecule has 0 aliphatic rings. The molecule has 0 aliphatic heterocycles. The van der Waals surface area contributed by atoms with Gasteiger partial charge in [0.1, 0.15) is 18.1 Å². The molecule has 1 amide bonds. The van der Waals surface area contributed by atoms with Crippen LogP contribution in [0, 0.1) is 0 Å². The van der Waals surface area contributed by atoms with Gasteiger partial charge in [-0.15, -0.1) is 0 Å². The summed E-state index contributed by atoms with van der Waals surface area (Å²) >= 11 is 0. The highest BCUT2D eigenvalue weighted by Crippen LogP contribution is 2.29. The molecule has 0 aliphatic carbocycles. The van der Waals surface area contributed by atoms with Gasteiger partial charge in [-0.25, -0.2) is 8.42 Å². The van der Waals surface area contributed by atoms with Crippen LogP contribution in [-0.4, -0.2) is 47.4 Å². The molecule has 0 aromatic heterocycles. The Balaban J connectivity index is 1.81. The molecule has 170 valence electrons. The summed E-state index contributed by atoms with van der Waals surface area (Å²) in [6, 6.07) is 14.8. The van der Waals surface area contributed by atoms with Crippen LogP contribution in [0.1, 0.15) is 38.2 Å². The molecule has 0 radical (unpaired) electrons. The molecule has 0 atom stereocenters. The van der Waals surface area contributed by atoms with Crippen molar-refractivity contribution in [2.24, 2.45) is 0 Å². The van der Waals surface area contributed by atoms with Crippen LogP contribution in [0.25, 0.3) is 0 Å². The van der Waals surface area contributed by atoms with Crippen molar-refractivity contribution in [3.05, 3.63) is 54.1 Å². The number of sulfonamides is 1. The van der Waals surface area contributed by atoms with Crippen LogP contribution < -0.4 is 19.1 Å². The Kier molecular flexibility index (Phi) is 9.18. The fourth-order valence-corrected chi connectivity index (χ4v) is 4.18. The number of anilines is 1. The van der Waals surface area contributed by atoms with Crippen molar-refractivity contribution >= 4 is 21.6 Å². The van der Waals surface area contributed by atoms with E-state index in [1.165, 1.54) is 11.4 Å². The molecule has 0 unspecified atom stereocenters. The van der Waals surface area contributed by atoms with E-state index in [4.69, 9.17) is 9.47 Å². The van der Waals surface area contributed by atoms with Crippen LogP contribution in [0.2, 0.25) is 0 Å². The lowest BCUT2D eigenvalue weighted by molar-refractivity contribution is -0.121. The van der Waals surface area contributed by atoms with Crippen LogP contribution >= 0.6 is 0 Å². The molecule has 2 aromatic rings. The summed E-state index contributed by atoms with van der Waals surface area (Å²) in [6.07, 6.45) is 1.74. The topological polar surface area (TPSA) is 84.9 Å². The average molecular weight is 449 g/mol. The standard InChI is InChI=1S/C23H32N2O5S/c1-18(2)19-10-5-7-12-21(19)30-17-15-24-23(26)14-9-16-25(31(4,27)28)20-11-6-8-13-22(20)29-3/h5-8,10-13,18H,9,14-17H2,1-4H3,(H,24,26). The van der Waals surface area contributed by atoms with Gasteiger partial charge in [0.05, 0.1) is 25.6 Å². The van der Waals surface area contributed by atoms with Crippen LogP contribution in [0.4, 0.5) is 5.69 Å². The molecule has 1 N–H and O–H groups in total. The van der Waals surface area contributed by atoms with Crippen molar-refractivity contribution in [1.82, 2.24) is 5.32 Å². The van der Waals surface area contributed by atoms with E-state index in [1.807, 2.05) is 24.3 Å². The highest BCUT2D eigenvalue weighted by atomic mass is 32.2. The second-order valence-corrected chi connectivity index (χ2v) is 9.41. The predicted octanol–water partition coefficient (Wildman–Crippen LogP) is 3.56. The Hall–Kier alpha value is -2.74. The Bertz CT molecular complexity index is 960. The Morgan fingerprint density at radius 3 is 2.35 bits per heavy atom. The largest absolute Gasteiger partial charge is 0.495 e. The van der Waals surface area contributed by atoms with E-state index in [0.29, 0.717) is 36.9 Å². The molecule has 2 rings (SSSR count). The molecule has 0 heterocycles. The predicted molar refractivity (Wildman–Crippen MR) is 123 cm³/mol.